The molecule has 3 rings (SSSR count). The van der Waals surface area contributed by atoms with Crippen molar-refractivity contribution in [2.45, 2.75) is 32.4 Å². The van der Waals surface area contributed by atoms with Crippen molar-refractivity contribution in [2.75, 3.05) is 7.11 Å². The molecule has 1 aromatic carbocycles. The van der Waals surface area contributed by atoms with Gasteiger partial charge in [-0.15, -0.1) is 0 Å². The Balaban J connectivity index is 1.78. The number of aromatic nitrogens is 2. The van der Waals surface area contributed by atoms with Crippen molar-refractivity contribution >= 4 is 0 Å². The second kappa shape index (κ2) is 5.77. The van der Waals surface area contributed by atoms with Crippen LogP contribution in [0.1, 0.15) is 24.1 Å². The van der Waals surface area contributed by atoms with E-state index in [0.717, 1.165) is 35.2 Å². The summed E-state index contributed by atoms with van der Waals surface area (Å²) in [5, 5.41) is 7.98. The molecule has 1 fully saturated rings. The van der Waals surface area contributed by atoms with Crippen molar-refractivity contribution < 1.29 is 9.47 Å². The van der Waals surface area contributed by atoms with Crippen LogP contribution in [0.25, 0.3) is 0 Å². The summed E-state index contributed by atoms with van der Waals surface area (Å²) in [7, 11) is 3.56. The second-order valence-corrected chi connectivity index (χ2v) is 5.43. The smallest absolute Gasteiger partial charge is 0.222 e. The molecular formula is C16H21N3O2. The third kappa shape index (κ3) is 3.19. The molecule has 5 heteroatoms. The fourth-order valence-electron chi connectivity index (χ4n) is 2.30. The molecule has 1 aliphatic carbocycles. The van der Waals surface area contributed by atoms with Crippen molar-refractivity contribution in [2.24, 2.45) is 7.05 Å². The zero-order valence-corrected chi connectivity index (χ0v) is 12.7. The van der Waals surface area contributed by atoms with Gasteiger partial charge in [0, 0.05) is 19.6 Å². The van der Waals surface area contributed by atoms with Crippen LogP contribution in [0, 0.1) is 6.92 Å². The molecule has 1 aromatic heterocycles. The summed E-state index contributed by atoms with van der Waals surface area (Å²) in [6.07, 6.45) is 2.54. The molecule has 5 nitrogen and oxygen atoms in total. The number of ether oxygens (including phenoxy) is 2. The number of hydrogen-bond acceptors (Lipinski definition) is 4. The van der Waals surface area contributed by atoms with Gasteiger partial charge < -0.3 is 14.8 Å². The normalized spacial score (nSPS) is 14.2. The highest BCUT2D eigenvalue weighted by atomic mass is 16.5. The van der Waals surface area contributed by atoms with Crippen LogP contribution in [-0.4, -0.2) is 22.9 Å². The zero-order chi connectivity index (χ0) is 14.8. The molecule has 0 aliphatic heterocycles. The monoisotopic (exact) mass is 287 g/mol. The third-order valence-electron chi connectivity index (χ3n) is 3.71. The molecule has 0 unspecified atom stereocenters. The Morgan fingerprint density at radius 1 is 1.24 bits per heavy atom. The number of benzene rings is 1. The Bertz CT molecular complexity index is 615. The number of nitrogens with zero attached hydrogens (tertiary/aromatic N) is 2. The van der Waals surface area contributed by atoms with Crippen LogP contribution >= 0.6 is 0 Å². The second-order valence-electron chi connectivity index (χ2n) is 5.43. The first kappa shape index (κ1) is 13.9. The van der Waals surface area contributed by atoms with Gasteiger partial charge in [0.25, 0.3) is 0 Å². The highest BCUT2D eigenvalue weighted by molar-refractivity contribution is 5.38. The number of hydrogen-bond donors (Lipinski definition) is 1. The largest absolute Gasteiger partial charge is 0.497 e. The molecule has 0 spiro atoms. The zero-order valence-electron chi connectivity index (χ0n) is 12.7. The Hall–Kier alpha value is -2.01. The minimum absolute atomic E-state index is 0.665. The van der Waals surface area contributed by atoms with E-state index in [0.29, 0.717) is 6.04 Å². The van der Waals surface area contributed by atoms with Crippen LogP contribution < -0.4 is 14.8 Å². The average Bonchev–Trinajstić information content (AvgIpc) is 3.27. The van der Waals surface area contributed by atoms with Crippen molar-refractivity contribution in [1.29, 1.82) is 0 Å². The first-order valence-corrected chi connectivity index (χ1v) is 7.25. The number of nitrogens with one attached hydrogen (secondary N) is 1. The van der Waals surface area contributed by atoms with Gasteiger partial charge in [-0.3, -0.25) is 0 Å². The van der Waals surface area contributed by atoms with Gasteiger partial charge in [-0.2, -0.15) is 5.10 Å². The lowest BCUT2D eigenvalue weighted by Crippen LogP contribution is -2.16. The van der Waals surface area contributed by atoms with E-state index in [9.17, 15) is 0 Å². The number of rotatable bonds is 6. The lowest BCUT2D eigenvalue weighted by atomic mass is 10.2. The van der Waals surface area contributed by atoms with E-state index in [1.54, 1.807) is 11.8 Å². The van der Waals surface area contributed by atoms with Gasteiger partial charge in [0.2, 0.25) is 5.88 Å². The fourth-order valence-corrected chi connectivity index (χ4v) is 2.30. The van der Waals surface area contributed by atoms with E-state index in [2.05, 4.69) is 10.4 Å². The molecule has 112 valence electrons. The maximum atomic E-state index is 6.02. The van der Waals surface area contributed by atoms with E-state index >= 15 is 0 Å². The minimum Gasteiger partial charge on any atom is -0.497 e. The quantitative estimate of drug-likeness (QED) is 0.887. The predicted molar refractivity (Wildman–Crippen MR) is 80.9 cm³/mol. The van der Waals surface area contributed by atoms with Crippen molar-refractivity contribution in [3.63, 3.8) is 0 Å². The SMILES string of the molecule is COc1ccc(Oc2c(CNC3CC3)c(C)nn2C)cc1. The fraction of sp³-hybridized carbons (Fsp3) is 0.438. The van der Waals surface area contributed by atoms with Crippen LogP contribution in [0.15, 0.2) is 24.3 Å². The van der Waals surface area contributed by atoms with Gasteiger partial charge in [-0.05, 0) is 44.0 Å². The molecule has 2 aromatic rings. The summed E-state index contributed by atoms with van der Waals surface area (Å²) in [6.45, 7) is 2.82. The van der Waals surface area contributed by atoms with Gasteiger partial charge in [0.05, 0.1) is 18.4 Å². The van der Waals surface area contributed by atoms with Crippen LogP contribution in [-0.2, 0) is 13.6 Å². The van der Waals surface area contributed by atoms with Gasteiger partial charge in [0.15, 0.2) is 0 Å². The van der Waals surface area contributed by atoms with E-state index in [-0.39, 0.29) is 0 Å². The summed E-state index contributed by atoms with van der Waals surface area (Å²) in [6, 6.07) is 8.25. The third-order valence-corrected chi connectivity index (χ3v) is 3.71. The Labute approximate surface area is 124 Å². The highest BCUT2D eigenvalue weighted by Crippen LogP contribution is 2.29. The molecule has 0 amide bonds. The van der Waals surface area contributed by atoms with E-state index in [1.807, 2.05) is 38.2 Å². The van der Waals surface area contributed by atoms with E-state index in [1.165, 1.54) is 12.8 Å². The first-order valence-electron chi connectivity index (χ1n) is 7.25. The summed E-state index contributed by atoms with van der Waals surface area (Å²) >= 11 is 0. The first-order chi connectivity index (χ1) is 10.2. The molecule has 1 saturated carbocycles. The molecule has 0 radical (unpaired) electrons. The lowest BCUT2D eigenvalue weighted by molar-refractivity contribution is 0.407. The van der Waals surface area contributed by atoms with Crippen molar-refractivity contribution in [1.82, 2.24) is 15.1 Å². The maximum absolute atomic E-state index is 6.02. The number of methoxy groups -OCH3 is 1. The summed E-state index contributed by atoms with van der Waals surface area (Å²) in [5.41, 5.74) is 2.13. The van der Waals surface area contributed by atoms with Crippen LogP contribution in [0.2, 0.25) is 0 Å². The Morgan fingerprint density at radius 3 is 2.52 bits per heavy atom. The van der Waals surface area contributed by atoms with Gasteiger partial charge in [-0.1, -0.05) is 0 Å². The highest BCUT2D eigenvalue weighted by Gasteiger charge is 2.23. The summed E-state index contributed by atoms with van der Waals surface area (Å²) < 4.78 is 13.0. The molecule has 21 heavy (non-hydrogen) atoms. The summed E-state index contributed by atoms with van der Waals surface area (Å²) in [4.78, 5) is 0. The van der Waals surface area contributed by atoms with Crippen LogP contribution in [0.5, 0.6) is 17.4 Å². The van der Waals surface area contributed by atoms with Crippen LogP contribution in [0.3, 0.4) is 0 Å². The molecular weight excluding hydrogens is 266 g/mol. The van der Waals surface area contributed by atoms with Crippen molar-refractivity contribution in [3.05, 3.63) is 35.5 Å². The topological polar surface area (TPSA) is 48.3 Å². The Morgan fingerprint density at radius 2 is 1.90 bits per heavy atom. The molecule has 0 atom stereocenters. The molecule has 0 saturated heterocycles. The van der Waals surface area contributed by atoms with Gasteiger partial charge >= 0.3 is 0 Å². The molecule has 1 N–H and O–H groups in total. The summed E-state index contributed by atoms with van der Waals surface area (Å²) in [5.74, 6) is 2.40. The van der Waals surface area contributed by atoms with Gasteiger partial charge in [0.1, 0.15) is 11.5 Å². The van der Waals surface area contributed by atoms with Crippen molar-refractivity contribution in [3.8, 4) is 17.4 Å². The molecule has 1 heterocycles. The predicted octanol–water partition coefficient (Wildman–Crippen LogP) is 2.78. The number of aryl methyl sites for hydroxylation is 2. The lowest BCUT2D eigenvalue weighted by Gasteiger charge is -2.10. The average molecular weight is 287 g/mol. The van der Waals surface area contributed by atoms with E-state index < -0.39 is 0 Å². The molecule has 0 bridgehead atoms. The van der Waals surface area contributed by atoms with Crippen LogP contribution in [0.4, 0.5) is 0 Å². The van der Waals surface area contributed by atoms with E-state index in [4.69, 9.17) is 9.47 Å². The minimum atomic E-state index is 0.665. The van der Waals surface area contributed by atoms with Gasteiger partial charge in [-0.25, -0.2) is 4.68 Å². The Kier molecular flexibility index (Phi) is 3.84. The maximum Gasteiger partial charge on any atom is 0.222 e. The standard InChI is InChI=1S/C16H21N3O2/c1-11-15(10-17-12-4-5-12)16(19(2)18-11)21-14-8-6-13(20-3)7-9-14/h6-9,12,17H,4-5,10H2,1-3H3. The molecule has 1 aliphatic rings.